The molecule has 0 saturated heterocycles. The van der Waals surface area contributed by atoms with Crippen LogP contribution >= 0.6 is 11.8 Å². The average Bonchev–Trinajstić information content (AvgIpc) is 2.98. The topological polar surface area (TPSA) is 51.0 Å². The molecule has 1 atom stereocenters. The van der Waals surface area contributed by atoms with Gasteiger partial charge in [-0.05, 0) is 39.2 Å². The largest absolute Gasteiger partial charge is 0.339 e. The van der Waals surface area contributed by atoms with Gasteiger partial charge in [-0.2, -0.15) is 16.7 Å². The Morgan fingerprint density at radius 1 is 1.33 bits per heavy atom. The van der Waals surface area contributed by atoms with Gasteiger partial charge in [-0.1, -0.05) is 31.3 Å². The fourth-order valence-electron chi connectivity index (χ4n) is 2.71. The minimum Gasteiger partial charge on any atom is -0.339 e. The standard InChI is InChI=1S/C16H29N3OS/c1-3-11-17-13(2)9-10-16-18-15(19-20-16)12-21-14-7-5-4-6-8-14/h13-14,17H,3-12H2,1-2H3. The van der Waals surface area contributed by atoms with E-state index in [9.17, 15) is 0 Å². The summed E-state index contributed by atoms with van der Waals surface area (Å²) in [6, 6.07) is 0.511. The predicted molar refractivity (Wildman–Crippen MR) is 88.5 cm³/mol. The molecule has 0 aromatic carbocycles. The summed E-state index contributed by atoms with van der Waals surface area (Å²) in [5, 5.41) is 8.40. The summed E-state index contributed by atoms with van der Waals surface area (Å²) in [6.45, 7) is 5.48. The number of rotatable bonds is 9. The molecule has 1 aliphatic rings. The van der Waals surface area contributed by atoms with E-state index in [-0.39, 0.29) is 0 Å². The van der Waals surface area contributed by atoms with Crippen LogP contribution in [0.1, 0.15) is 70.5 Å². The third-order valence-corrected chi connectivity index (χ3v) is 5.41. The van der Waals surface area contributed by atoms with Crippen molar-refractivity contribution >= 4 is 11.8 Å². The van der Waals surface area contributed by atoms with Crippen LogP contribution in [0.5, 0.6) is 0 Å². The van der Waals surface area contributed by atoms with E-state index in [1.165, 1.54) is 38.5 Å². The van der Waals surface area contributed by atoms with Crippen molar-refractivity contribution in [2.75, 3.05) is 6.54 Å². The zero-order valence-electron chi connectivity index (χ0n) is 13.4. The molecule has 1 aliphatic carbocycles. The van der Waals surface area contributed by atoms with E-state index in [2.05, 4.69) is 29.3 Å². The van der Waals surface area contributed by atoms with Gasteiger partial charge in [0.05, 0.1) is 5.75 Å². The number of thioether (sulfide) groups is 1. The van der Waals surface area contributed by atoms with E-state index < -0.39 is 0 Å². The molecule has 1 fully saturated rings. The molecule has 4 nitrogen and oxygen atoms in total. The Labute approximate surface area is 132 Å². The Morgan fingerprint density at radius 2 is 2.14 bits per heavy atom. The molecule has 120 valence electrons. The smallest absolute Gasteiger partial charge is 0.226 e. The maximum atomic E-state index is 5.36. The summed E-state index contributed by atoms with van der Waals surface area (Å²) in [6.07, 6.45) is 10.00. The average molecular weight is 311 g/mol. The minimum atomic E-state index is 0.511. The lowest BCUT2D eigenvalue weighted by atomic mass is 10.0. The van der Waals surface area contributed by atoms with Crippen LogP contribution in [0, 0.1) is 0 Å². The fraction of sp³-hybridized carbons (Fsp3) is 0.875. The number of hydrogen-bond donors (Lipinski definition) is 1. The highest BCUT2D eigenvalue weighted by Crippen LogP contribution is 2.29. The number of nitrogens with zero attached hydrogens (tertiary/aromatic N) is 2. The SMILES string of the molecule is CCCNC(C)CCc1nc(CSC2CCCCC2)no1. The predicted octanol–water partition coefficient (Wildman–Crippen LogP) is 3.96. The molecular weight excluding hydrogens is 282 g/mol. The quantitative estimate of drug-likeness (QED) is 0.748. The van der Waals surface area contributed by atoms with Crippen molar-refractivity contribution in [2.45, 2.75) is 82.3 Å². The summed E-state index contributed by atoms with van der Waals surface area (Å²) in [7, 11) is 0. The van der Waals surface area contributed by atoms with Gasteiger partial charge in [0, 0.05) is 17.7 Å². The monoisotopic (exact) mass is 311 g/mol. The van der Waals surface area contributed by atoms with Gasteiger partial charge in [0.25, 0.3) is 0 Å². The van der Waals surface area contributed by atoms with Crippen molar-refractivity contribution in [3.05, 3.63) is 11.7 Å². The van der Waals surface area contributed by atoms with Crippen LogP contribution in [0.2, 0.25) is 0 Å². The summed E-state index contributed by atoms with van der Waals surface area (Å²) in [5.74, 6) is 2.56. The van der Waals surface area contributed by atoms with E-state index in [1.54, 1.807) is 0 Å². The van der Waals surface area contributed by atoms with Crippen LogP contribution in [0.15, 0.2) is 4.52 Å². The molecule has 1 N–H and O–H groups in total. The molecule has 1 saturated carbocycles. The zero-order valence-corrected chi connectivity index (χ0v) is 14.3. The molecule has 0 bridgehead atoms. The molecule has 21 heavy (non-hydrogen) atoms. The molecule has 0 radical (unpaired) electrons. The van der Waals surface area contributed by atoms with Gasteiger partial charge in [0.1, 0.15) is 0 Å². The highest BCUT2D eigenvalue weighted by atomic mass is 32.2. The second kappa shape index (κ2) is 9.46. The first-order chi connectivity index (χ1) is 10.3. The van der Waals surface area contributed by atoms with Gasteiger partial charge in [0.15, 0.2) is 5.82 Å². The third kappa shape index (κ3) is 6.39. The summed E-state index contributed by atoms with van der Waals surface area (Å²) in [4.78, 5) is 4.52. The molecule has 0 spiro atoms. The van der Waals surface area contributed by atoms with Gasteiger partial charge < -0.3 is 9.84 Å². The van der Waals surface area contributed by atoms with Crippen molar-refractivity contribution < 1.29 is 4.52 Å². The highest BCUT2D eigenvalue weighted by Gasteiger charge is 2.15. The first-order valence-electron chi connectivity index (χ1n) is 8.44. The van der Waals surface area contributed by atoms with Crippen molar-refractivity contribution in [2.24, 2.45) is 0 Å². The molecule has 5 heteroatoms. The van der Waals surface area contributed by atoms with Crippen LogP contribution in [0.25, 0.3) is 0 Å². The maximum Gasteiger partial charge on any atom is 0.226 e. The Hall–Kier alpha value is -0.550. The van der Waals surface area contributed by atoms with E-state index in [4.69, 9.17) is 4.52 Å². The van der Waals surface area contributed by atoms with E-state index in [0.717, 1.165) is 42.1 Å². The number of aromatic nitrogens is 2. The van der Waals surface area contributed by atoms with Gasteiger partial charge in [-0.3, -0.25) is 0 Å². The number of nitrogens with one attached hydrogen (secondary N) is 1. The lowest BCUT2D eigenvalue weighted by Crippen LogP contribution is -2.27. The van der Waals surface area contributed by atoms with Gasteiger partial charge in [0.2, 0.25) is 5.89 Å². The van der Waals surface area contributed by atoms with E-state index in [1.807, 2.05) is 11.8 Å². The van der Waals surface area contributed by atoms with Crippen molar-refractivity contribution in [3.63, 3.8) is 0 Å². The van der Waals surface area contributed by atoms with Crippen molar-refractivity contribution in [1.29, 1.82) is 0 Å². The second-order valence-electron chi connectivity index (χ2n) is 6.07. The van der Waals surface area contributed by atoms with Crippen LogP contribution < -0.4 is 5.32 Å². The summed E-state index contributed by atoms with van der Waals surface area (Å²) >= 11 is 2.00. The molecule has 1 unspecified atom stereocenters. The fourth-order valence-corrected chi connectivity index (χ4v) is 3.88. The van der Waals surface area contributed by atoms with Crippen molar-refractivity contribution in [1.82, 2.24) is 15.5 Å². The third-order valence-electron chi connectivity index (χ3n) is 4.04. The summed E-state index contributed by atoms with van der Waals surface area (Å²) in [5.41, 5.74) is 0. The van der Waals surface area contributed by atoms with Gasteiger partial charge in [-0.15, -0.1) is 0 Å². The Kier molecular flexibility index (Phi) is 7.58. The lowest BCUT2D eigenvalue weighted by molar-refractivity contribution is 0.363. The van der Waals surface area contributed by atoms with Gasteiger partial charge >= 0.3 is 0 Å². The van der Waals surface area contributed by atoms with Crippen LogP contribution in [0.3, 0.4) is 0 Å². The zero-order chi connectivity index (χ0) is 14.9. The van der Waals surface area contributed by atoms with Crippen LogP contribution in [0.4, 0.5) is 0 Å². The normalized spacial score (nSPS) is 18.0. The second-order valence-corrected chi connectivity index (χ2v) is 7.36. The minimum absolute atomic E-state index is 0.511. The first kappa shape index (κ1) is 16.8. The molecule has 0 aliphatic heterocycles. The van der Waals surface area contributed by atoms with Crippen LogP contribution in [-0.2, 0) is 12.2 Å². The molecule has 1 aromatic rings. The molecular formula is C16H29N3OS. The van der Waals surface area contributed by atoms with Crippen molar-refractivity contribution in [3.8, 4) is 0 Å². The molecule has 1 heterocycles. The number of aryl methyl sites for hydroxylation is 1. The molecule has 1 aromatic heterocycles. The first-order valence-corrected chi connectivity index (χ1v) is 9.49. The van der Waals surface area contributed by atoms with E-state index >= 15 is 0 Å². The lowest BCUT2D eigenvalue weighted by Gasteiger charge is -2.19. The molecule has 0 amide bonds. The highest BCUT2D eigenvalue weighted by molar-refractivity contribution is 7.99. The Balaban J connectivity index is 1.66. The Morgan fingerprint density at radius 3 is 2.90 bits per heavy atom. The van der Waals surface area contributed by atoms with Crippen LogP contribution in [-0.4, -0.2) is 28.0 Å². The number of hydrogen-bond acceptors (Lipinski definition) is 5. The molecule has 2 rings (SSSR count). The van der Waals surface area contributed by atoms with Gasteiger partial charge in [-0.25, -0.2) is 0 Å². The maximum absolute atomic E-state index is 5.36. The summed E-state index contributed by atoms with van der Waals surface area (Å²) < 4.78 is 5.36. The van der Waals surface area contributed by atoms with E-state index in [0.29, 0.717) is 6.04 Å². The Bertz CT molecular complexity index is 391.